The summed E-state index contributed by atoms with van der Waals surface area (Å²) in [5.41, 5.74) is 4.29. The zero-order valence-corrected chi connectivity index (χ0v) is 27.3. The SMILES string of the molecule is O=C(O)c1ccc2cccc(NCc3c(O)ccc4c(-c5ccccc5C(=O)O)c5ccc(=O)c(CNc6cccc7cccnc67)c-5oc34)c2n1. The van der Waals surface area contributed by atoms with Gasteiger partial charge in [0.2, 0.25) is 0 Å². The molecule has 52 heavy (non-hydrogen) atoms. The van der Waals surface area contributed by atoms with E-state index in [9.17, 15) is 29.7 Å². The van der Waals surface area contributed by atoms with Crippen LogP contribution in [0.25, 0.3) is 55.2 Å². The second-order valence-corrected chi connectivity index (χ2v) is 12.2. The van der Waals surface area contributed by atoms with Gasteiger partial charge in [-0.2, -0.15) is 0 Å². The number of phenols is 1. The number of aromatic nitrogens is 2. The Hall–Kier alpha value is -7.27. The van der Waals surface area contributed by atoms with Crippen molar-refractivity contribution in [3.8, 4) is 28.2 Å². The normalized spacial score (nSPS) is 11.3. The number of benzene rings is 5. The average molecular weight is 689 g/mol. The first-order valence-electron chi connectivity index (χ1n) is 16.3. The maximum absolute atomic E-state index is 13.6. The summed E-state index contributed by atoms with van der Waals surface area (Å²) in [5, 5.41) is 39.9. The van der Waals surface area contributed by atoms with E-state index in [1.54, 1.807) is 54.7 Å². The molecule has 8 rings (SSSR count). The summed E-state index contributed by atoms with van der Waals surface area (Å²) < 4.78 is 6.64. The van der Waals surface area contributed by atoms with Crippen LogP contribution in [0.15, 0.2) is 125 Å². The van der Waals surface area contributed by atoms with Gasteiger partial charge in [0, 0.05) is 46.6 Å². The molecule has 1 aliphatic heterocycles. The summed E-state index contributed by atoms with van der Waals surface area (Å²) in [5.74, 6) is -2.18. The first-order valence-corrected chi connectivity index (χ1v) is 16.3. The molecule has 5 N–H and O–H groups in total. The Morgan fingerprint density at radius 2 is 1.38 bits per heavy atom. The van der Waals surface area contributed by atoms with Gasteiger partial charge in [0.05, 0.1) is 39.1 Å². The van der Waals surface area contributed by atoms with E-state index < -0.39 is 11.9 Å². The Labute approximate surface area is 294 Å². The molecule has 0 unspecified atom stereocenters. The number of rotatable bonds is 9. The number of fused-ring (bicyclic) bond motifs is 4. The number of aromatic carboxylic acids is 2. The molecule has 254 valence electrons. The molecule has 2 aromatic heterocycles. The Bertz CT molecular complexity index is 2750. The fourth-order valence-electron chi connectivity index (χ4n) is 6.64. The summed E-state index contributed by atoms with van der Waals surface area (Å²) in [7, 11) is 0. The molecule has 1 aliphatic carbocycles. The van der Waals surface area contributed by atoms with Gasteiger partial charge < -0.3 is 30.4 Å². The average Bonchev–Trinajstić information content (AvgIpc) is 3.16. The van der Waals surface area contributed by atoms with E-state index in [-0.39, 0.29) is 46.9 Å². The number of carboxylic acid groups (broad SMARTS) is 2. The topological polar surface area (TPSA) is 175 Å². The van der Waals surface area contributed by atoms with Crippen LogP contribution in [-0.2, 0) is 13.1 Å². The number of nitrogens with one attached hydrogen (secondary N) is 2. The highest BCUT2D eigenvalue weighted by molar-refractivity contribution is 6.08. The lowest BCUT2D eigenvalue weighted by Crippen LogP contribution is -2.15. The van der Waals surface area contributed by atoms with Gasteiger partial charge >= 0.3 is 11.9 Å². The molecule has 4 aromatic carbocycles. The lowest BCUT2D eigenvalue weighted by Gasteiger charge is -2.21. The fraction of sp³-hybridized carbons (Fsp3) is 0.0488. The minimum Gasteiger partial charge on any atom is -0.507 e. The minimum atomic E-state index is -1.16. The van der Waals surface area contributed by atoms with Gasteiger partial charge in [0.25, 0.3) is 0 Å². The molecule has 0 amide bonds. The van der Waals surface area contributed by atoms with Crippen molar-refractivity contribution in [2.24, 2.45) is 0 Å². The third kappa shape index (κ3) is 5.56. The van der Waals surface area contributed by atoms with Crippen LogP contribution >= 0.6 is 0 Å². The number of carboxylic acids is 2. The highest BCUT2D eigenvalue weighted by Gasteiger charge is 2.26. The summed E-state index contributed by atoms with van der Waals surface area (Å²) in [4.78, 5) is 46.7. The third-order valence-electron chi connectivity index (χ3n) is 9.11. The van der Waals surface area contributed by atoms with Crippen LogP contribution in [-0.4, -0.2) is 37.2 Å². The van der Waals surface area contributed by atoms with Gasteiger partial charge in [-0.15, -0.1) is 0 Å². The van der Waals surface area contributed by atoms with Gasteiger partial charge in [0.15, 0.2) is 5.43 Å². The molecule has 6 aromatic rings. The van der Waals surface area contributed by atoms with Crippen molar-refractivity contribution in [3.63, 3.8) is 0 Å². The van der Waals surface area contributed by atoms with E-state index in [1.807, 2.05) is 36.4 Å². The Kier molecular flexibility index (Phi) is 7.92. The van der Waals surface area contributed by atoms with Crippen molar-refractivity contribution in [2.45, 2.75) is 13.1 Å². The van der Waals surface area contributed by atoms with Gasteiger partial charge in [-0.05, 0) is 60.2 Å². The Morgan fingerprint density at radius 1 is 0.673 bits per heavy atom. The number of hydrogen-bond donors (Lipinski definition) is 5. The number of hydrogen-bond acceptors (Lipinski definition) is 9. The second kappa shape index (κ2) is 12.9. The van der Waals surface area contributed by atoms with Crippen LogP contribution in [0, 0.1) is 0 Å². The highest BCUT2D eigenvalue weighted by atomic mass is 16.4. The Morgan fingerprint density at radius 3 is 2.15 bits per heavy atom. The van der Waals surface area contributed by atoms with Crippen molar-refractivity contribution in [1.29, 1.82) is 0 Å². The van der Waals surface area contributed by atoms with Crippen molar-refractivity contribution in [3.05, 3.63) is 148 Å². The zero-order chi connectivity index (χ0) is 35.9. The van der Waals surface area contributed by atoms with Crippen LogP contribution in [0.3, 0.4) is 0 Å². The van der Waals surface area contributed by atoms with Crippen molar-refractivity contribution in [2.75, 3.05) is 10.6 Å². The molecular weight excluding hydrogens is 660 g/mol. The second-order valence-electron chi connectivity index (χ2n) is 12.2. The number of phenolic OH excluding ortho intramolecular Hbond substituents is 1. The molecule has 0 radical (unpaired) electrons. The number of anilines is 2. The van der Waals surface area contributed by atoms with E-state index >= 15 is 0 Å². The van der Waals surface area contributed by atoms with Crippen molar-refractivity contribution >= 4 is 56.1 Å². The van der Waals surface area contributed by atoms with Crippen LogP contribution < -0.4 is 16.1 Å². The zero-order valence-electron chi connectivity index (χ0n) is 27.3. The number of para-hydroxylation sites is 2. The predicted octanol–water partition coefficient (Wildman–Crippen LogP) is 7.99. The lowest BCUT2D eigenvalue weighted by atomic mass is 9.88. The maximum atomic E-state index is 13.6. The van der Waals surface area contributed by atoms with Gasteiger partial charge in [-0.3, -0.25) is 9.78 Å². The third-order valence-corrected chi connectivity index (χ3v) is 9.11. The summed E-state index contributed by atoms with van der Waals surface area (Å²) in [6.07, 6.45) is 1.69. The molecule has 0 spiro atoms. The van der Waals surface area contributed by atoms with Gasteiger partial charge in [-0.25, -0.2) is 14.6 Å². The van der Waals surface area contributed by atoms with Crippen LogP contribution in [0.5, 0.6) is 5.75 Å². The van der Waals surface area contributed by atoms with Crippen LogP contribution in [0.4, 0.5) is 11.4 Å². The van der Waals surface area contributed by atoms with Crippen LogP contribution in [0.2, 0.25) is 0 Å². The predicted molar refractivity (Wildman–Crippen MR) is 198 cm³/mol. The molecule has 0 saturated heterocycles. The molecule has 0 fully saturated rings. The quantitative estimate of drug-likeness (QED) is 0.0930. The summed E-state index contributed by atoms with van der Waals surface area (Å²) in [6.45, 7) is 0.0590. The lowest BCUT2D eigenvalue weighted by molar-refractivity contribution is 0.0683. The molecule has 2 aliphatic rings. The molecule has 0 bridgehead atoms. The molecule has 0 saturated carbocycles. The first-order chi connectivity index (χ1) is 25.3. The number of pyridine rings is 2. The van der Waals surface area contributed by atoms with Gasteiger partial charge in [0.1, 0.15) is 22.8 Å². The largest absolute Gasteiger partial charge is 0.507 e. The van der Waals surface area contributed by atoms with E-state index in [4.69, 9.17) is 4.42 Å². The van der Waals surface area contributed by atoms with E-state index in [1.165, 1.54) is 24.3 Å². The molecular formula is C41H28N4O7. The molecule has 11 nitrogen and oxygen atoms in total. The van der Waals surface area contributed by atoms with E-state index in [0.29, 0.717) is 55.5 Å². The van der Waals surface area contributed by atoms with E-state index in [0.717, 1.165) is 10.9 Å². The minimum absolute atomic E-state index is 0.00259. The highest BCUT2D eigenvalue weighted by Crippen LogP contribution is 2.45. The number of aromatic hydroxyl groups is 1. The molecule has 11 heteroatoms. The smallest absolute Gasteiger partial charge is 0.354 e. The summed E-state index contributed by atoms with van der Waals surface area (Å²) in [6, 6.07) is 30.8. The van der Waals surface area contributed by atoms with Crippen molar-refractivity contribution < 1.29 is 29.3 Å². The first kappa shape index (κ1) is 32.0. The standard InChI is InChI=1S/C41H28N4O7/c46-33-17-14-26-35(24-9-1-2-10-25(24)40(48)49)27-15-18-34(47)29(21-44-31-12-4-7-23-13-16-32(41(50)51)45-37(23)31)39(27)52-38(26)28(33)20-43-30-11-3-6-22-8-5-19-42-36(22)30/h1-19,43-44,47H,20-21H2,(H,48,49)(H,50,51). The van der Waals surface area contributed by atoms with Gasteiger partial charge in [-0.1, -0.05) is 54.6 Å². The maximum Gasteiger partial charge on any atom is 0.354 e. The number of carbonyl (C=O) groups is 2. The fourth-order valence-corrected chi connectivity index (χ4v) is 6.64. The van der Waals surface area contributed by atoms with Crippen molar-refractivity contribution in [1.82, 2.24) is 9.97 Å². The molecule has 3 heterocycles. The van der Waals surface area contributed by atoms with E-state index in [2.05, 4.69) is 20.6 Å². The molecule has 0 atom stereocenters. The summed E-state index contributed by atoms with van der Waals surface area (Å²) >= 11 is 0. The monoisotopic (exact) mass is 688 g/mol. The number of nitrogens with zero attached hydrogens (tertiary/aromatic N) is 2. The van der Waals surface area contributed by atoms with Crippen LogP contribution in [0.1, 0.15) is 32.0 Å². The Balaban J connectivity index is 1.32.